The number of aliphatic hydroxyl groups is 1. The monoisotopic (exact) mass is 419 g/mol. The van der Waals surface area contributed by atoms with Crippen molar-refractivity contribution in [2.45, 2.75) is 37.6 Å². The van der Waals surface area contributed by atoms with E-state index in [9.17, 15) is 5.11 Å². The number of anilines is 1. The predicted molar refractivity (Wildman–Crippen MR) is 119 cm³/mol. The fourth-order valence-corrected chi connectivity index (χ4v) is 5.16. The van der Waals surface area contributed by atoms with E-state index >= 15 is 0 Å². The van der Waals surface area contributed by atoms with Crippen LogP contribution in [0.25, 0.3) is 11.4 Å². The van der Waals surface area contributed by atoms with Gasteiger partial charge >= 0.3 is 0 Å². The Morgan fingerprint density at radius 1 is 1.23 bits per heavy atom. The van der Waals surface area contributed by atoms with Gasteiger partial charge in [-0.25, -0.2) is 9.97 Å². The molecule has 1 aliphatic heterocycles. The van der Waals surface area contributed by atoms with Crippen LogP contribution in [0, 0.1) is 0 Å². The third-order valence-electron chi connectivity index (χ3n) is 6.51. The molecular formula is C23H29N7O. The fraction of sp³-hybridized carbons (Fsp3) is 0.478. The first kappa shape index (κ1) is 20.1. The van der Waals surface area contributed by atoms with Gasteiger partial charge in [0.15, 0.2) is 5.82 Å². The van der Waals surface area contributed by atoms with Crippen LogP contribution in [0.4, 0.5) is 5.82 Å². The molecule has 1 atom stereocenters. The molecule has 8 heteroatoms. The highest BCUT2D eigenvalue weighted by atomic mass is 16.3. The highest BCUT2D eigenvalue weighted by Crippen LogP contribution is 2.46. The number of aryl methyl sites for hydroxylation is 1. The number of nitrogens with zero attached hydrogens (tertiary/aromatic N) is 6. The van der Waals surface area contributed by atoms with Crippen molar-refractivity contribution in [2.24, 2.45) is 7.05 Å². The molecule has 31 heavy (non-hydrogen) atoms. The van der Waals surface area contributed by atoms with Gasteiger partial charge in [-0.3, -0.25) is 14.6 Å². The Balaban J connectivity index is 1.50. The van der Waals surface area contributed by atoms with E-state index in [0.29, 0.717) is 12.4 Å². The van der Waals surface area contributed by atoms with Gasteiger partial charge in [-0.1, -0.05) is 0 Å². The summed E-state index contributed by atoms with van der Waals surface area (Å²) in [4.78, 5) is 16.7. The molecular weight excluding hydrogens is 390 g/mol. The molecule has 2 N–H and O–H groups in total. The van der Waals surface area contributed by atoms with Crippen LogP contribution in [-0.4, -0.2) is 61.0 Å². The van der Waals surface area contributed by atoms with E-state index in [0.717, 1.165) is 56.7 Å². The number of fused-ring (bicyclic) bond motifs is 2. The molecule has 1 unspecified atom stereocenters. The zero-order valence-electron chi connectivity index (χ0n) is 18.0. The van der Waals surface area contributed by atoms with Crippen molar-refractivity contribution >= 4 is 5.82 Å². The topological polar surface area (TPSA) is 92.0 Å². The fourth-order valence-electron chi connectivity index (χ4n) is 5.16. The largest absolute Gasteiger partial charge is 0.395 e. The van der Waals surface area contributed by atoms with Gasteiger partial charge in [-0.05, 0) is 44.4 Å². The second-order valence-corrected chi connectivity index (χ2v) is 8.73. The van der Waals surface area contributed by atoms with Crippen molar-refractivity contribution in [2.75, 3.05) is 31.6 Å². The highest BCUT2D eigenvalue weighted by Gasteiger charge is 2.45. The lowest BCUT2D eigenvalue weighted by atomic mass is 9.77. The Hall–Kier alpha value is -2.84. The van der Waals surface area contributed by atoms with E-state index in [1.165, 1.54) is 16.8 Å². The lowest BCUT2D eigenvalue weighted by Gasteiger charge is -2.40. The van der Waals surface area contributed by atoms with Crippen molar-refractivity contribution in [3.8, 4) is 11.4 Å². The number of aromatic nitrogens is 5. The molecule has 0 amide bonds. The molecule has 5 rings (SSSR count). The first-order chi connectivity index (χ1) is 15.2. The van der Waals surface area contributed by atoms with E-state index in [-0.39, 0.29) is 12.0 Å². The van der Waals surface area contributed by atoms with Crippen LogP contribution in [0.3, 0.4) is 0 Å². The van der Waals surface area contributed by atoms with E-state index in [1.807, 2.05) is 36.3 Å². The SMILES string of the molecule is Cn1cc(CN2CCCC3(CCc4c(NCCO)nc(-c5cccnc5)nc43)C2)cn1. The van der Waals surface area contributed by atoms with Crippen LogP contribution < -0.4 is 5.32 Å². The minimum Gasteiger partial charge on any atom is -0.395 e. The van der Waals surface area contributed by atoms with Gasteiger partial charge in [0.25, 0.3) is 0 Å². The Morgan fingerprint density at radius 2 is 2.16 bits per heavy atom. The molecule has 1 spiro atoms. The summed E-state index contributed by atoms with van der Waals surface area (Å²) in [6.45, 7) is 3.57. The molecule has 1 aliphatic carbocycles. The van der Waals surface area contributed by atoms with Crippen molar-refractivity contribution in [1.29, 1.82) is 0 Å². The minimum absolute atomic E-state index is 0.0470. The van der Waals surface area contributed by atoms with Gasteiger partial charge in [0, 0.05) is 67.4 Å². The van der Waals surface area contributed by atoms with Crippen molar-refractivity contribution in [3.63, 3.8) is 0 Å². The molecule has 3 aromatic heterocycles. The molecule has 162 valence electrons. The number of nitrogens with one attached hydrogen (secondary N) is 1. The zero-order valence-corrected chi connectivity index (χ0v) is 18.0. The molecule has 2 aliphatic rings. The Kier molecular flexibility index (Phi) is 5.41. The van der Waals surface area contributed by atoms with Crippen molar-refractivity contribution in [1.82, 2.24) is 29.6 Å². The van der Waals surface area contributed by atoms with Crippen molar-refractivity contribution in [3.05, 3.63) is 53.7 Å². The molecule has 8 nitrogen and oxygen atoms in total. The first-order valence-corrected chi connectivity index (χ1v) is 11.0. The maximum absolute atomic E-state index is 9.35. The quantitative estimate of drug-likeness (QED) is 0.632. The third kappa shape index (κ3) is 3.93. The standard InChI is InChI=1S/C23H29N7O/c1-29-14-17(12-26-29)15-30-10-3-6-23(16-30)7-5-19-20(23)27-21(18-4-2-8-24-13-18)28-22(19)25-9-11-31/h2,4,8,12-14,31H,3,5-7,9-11,15-16H2,1H3,(H,25,27,28). The second kappa shape index (κ2) is 8.36. The number of pyridine rings is 1. The number of hydrogen-bond donors (Lipinski definition) is 2. The van der Waals surface area contributed by atoms with E-state index in [2.05, 4.69) is 26.5 Å². The normalized spacial score (nSPS) is 20.8. The molecule has 0 saturated carbocycles. The van der Waals surface area contributed by atoms with Crippen LogP contribution in [0.15, 0.2) is 36.9 Å². The third-order valence-corrected chi connectivity index (χ3v) is 6.51. The maximum Gasteiger partial charge on any atom is 0.163 e. The Labute approximate surface area is 182 Å². The highest BCUT2D eigenvalue weighted by molar-refractivity contribution is 5.61. The molecule has 0 bridgehead atoms. The van der Waals surface area contributed by atoms with Crippen LogP contribution >= 0.6 is 0 Å². The summed E-state index contributed by atoms with van der Waals surface area (Å²) in [5, 5.41) is 17.0. The molecule has 1 saturated heterocycles. The number of likely N-dealkylation sites (tertiary alicyclic amines) is 1. The molecule has 3 aromatic rings. The number of aliphatic hydroxyl groups excluding tert-OH is 1. The van der Waals surface area contributed by atoms with Gasteiger partial charge in [0.05, 0.1) is 18.5 Å². The minimum atomic E-state index is 0.0470. The average Bonchev–Trinajstić information content (AvgIpc) is 3.36. The van der Waals surface area contributed by atoms with Gasteiger partial charge < -0.3 is 10.4 Å². The average molecular weight is 420 g/mol. The lowest BCUT2D eigenvalue weighted by molar-refractivity contribution is 0.137. The summed E-state index contributed by atoms with van der Waals surface area (Å²) >= 11 is 0. The van der Waals surface area contributed by atoms with Crippen LogP contribution in [0.2, 0.25) is 0 Å². The summed E-state index contributed by atoms with van der Waals surface area (Å²) in [7, 11) is 1.96. The van der Waals surface area contributed by atoms with Crippen LogP contribution in [0.1, 0.15) is 36.1 Å². The first-order valence-electron chi connectivity index (χ1n) is 11.0. The maximum atomic E-state index is 9.35. The molecule has 0 radical (unpaired) electrons. The molecule has 0 aromatic carbocycles. The summed E-state index contributed by atoms with van der Waals surface area (Å²) in [6.07, 6.45) is 12.0. The Bertz CT molecular complexity index is 1050. The van der Waals surface area contributed by atoms with Gasteiger partial charge in [-0.15, -0.1) is 0 Å². The van der Waals surface area contributed by atoms with Gasteiger partial charge in [0.2, 0.25) is 0 Å². The van der Waals surface area contributed by atoms with Crippen molar-refractivity contribution < 1.29 is 5.11 Å². The lowest BCUT2D eigenvalue weighted by Crippen LogP contribution is -2.45. The number of rotatable bonds is 6. The predicted octanol–water partition coefficient (Wildman–Crippen LogP) is 2.16. The summed E-state index contributed by atoms with van der Waals surface area (Å²) in [5.41, 5.74) is 4.61. The smallest absolute Gasteiger partial charge is 0.163 e. The second-order valence-electron chi connectivity index (χ2n) is 8.73. The van der Waals surface area contributed by atoms with Gasteiger partial charge in [0.1, 0.15) is 5.82 Å². The van der Waals surface area contributed by atoms with E-state index < -0.39 is 0 Å². The van der Waals surface area contributed by atoms with Gasteiger partial charge in [-0.2, -0.15) is 5.10 Å². The van der Waals surface area contributed by atoms with E-state index in [4.69, 9.17) is 9.97 Å². The molecule has 4 heterocycles. The van der Waals surface area contributed by atoms with Crippen LogP contribution in [-0.2, 0) is 25.4 Å². The van der Waals surface area contributed by atoms with E-state index in [1.54, 1.807) is 6.20 Å². The number of piperidine rings is 1. The summed E-state index contributed by atoms with van der Waals surface area (Å²) < 4.78 is 1.87. The van der Waals surface area contributed by atoms with Crippen LogP contribution in [0.5, 0.6) is 0 Å². The summed E-state index contributed by atoms with van der Waals surface area (Å²) in [5.74, 6) is 1.57. The Morgan fingerprint density at radius 3 is 2.94 bits per heavy atom. The molecule has 1 fully saturated rings. The summed E-state index contributed by atoms with van der Waals surface area (Å²) in [6, 6.07) is 3.92. The number of hydrogen-bond acceptors (Lipinski definition) is 7. The zero-order chi connectivity index (χ0) is 21.3.